The van der Waals surface area contributed by atoms with Crippen LogP contribution in [0.5, 0.6) is 0 Å². The van der Waals surface area contributed by atoms with Crippen molar-refractivity contribution < 1.29 is 5.11 Å². The Morgan fingerprint density at radius 2 is 2.33 bits per heavy atom. The maximum absolute atomic E-state index is 9.90. The SMILES string of the molecule is CC(C)C(C)(O)Cc1cnsn1. The molecule has 1 heterocycles. The van der Waals surface area contributed by atoms with Crippen molar-refractivity contribution in [3.05, 3.63) is 11.9 Å². The van der Waals surface area contributed by atoms with E-state index in [0.29, 0.717) is 6.42 Å². The normalized spacial score (nSPS) is 16.4. The van der Waals surface area contributed by atoms with Crippen LogP contribution in [0.4, 0.5) is 0 Å². The van der Waals surface area contributed by atoms with E-state index in [1.165, 1.54) is 11.7 Å². The molecule has 0 aromatic carbocycles. The zero-order chi connectivity index (χ0) is 9.19. The van der Waals surface area contributed by atoms with E-state index in [4.69, 9.17) is 0 Å². The lowest BCUT2D eigenvalue weighted by molar-refractivity contribution is 0.0132. The van der Waals surface area contributed by atoms with Crippen LogP contribution in [-0.4, -0.2) is 19.5 Å². The van der Waals surface area contributed by atoms with E-state index < -0.39 is 5.60 Å². The molecule has 0 bridgehead atoms. The van der Waals surface area contributed by atoms with Gasteiger partial charge in [0.25, 0.3) is 0 Å². The number of hydrogen-bond donors (Lipinski definition) is 1. The van der Waals surface area contributed by atoms with E-state index in [2.05, 4.69) is 8.75 Å². The highest BCUT2D eigenvalue weighted by molar-refractivity contribution is 6.99. The molecule has 1 N–H and O–H groups in total. The molecule has 0 aliphatic heterocycles. The summed E-state index contributed by atoms with van der Waals surface area (Å²) in [6.07, 6.45) is 2.29. The minimum Gasteiger partial charge on any atom is -0.390 e. The largest absolute Gasteiger partial charge is 0.390 e. The van der Waals surface area contributed by atoms with Crippen LogP contribution in [0.15, 0.2) is 6.20 Å². The minimum atomic E-state index is -0.671. The predicted octanol–water partition coefficient (Wildman–Crippen LogP) is 1.49. The molecule has 3 nitrogen and oxygen atoms in total. The first-order chi connectivity index (χ1) is 5.52. The van der Waals surface area contributed by atoms with E-state index in [1.807, 2.05) is 20.8 Å². The summed E-state index contributed by atoms with van der Waals surface area (Å²) in [5.74, 6) is 0.235. The van der Waals surface area contributed by atoms with E-state index in [1.54, 1.807) is 6.20 Å². The Morgan fingerprint density at radius 1 is 1.67 bits per heavy atom. The molecule has 0 spiro atoms. The van der Waals surface area contributed by atoms with Crippen molar-refractivity contribution in [1.29, 1.82) is 0 Å². The molecule has 0 aliphatic carbocycles. The van der Waals surface area contributed by atoms with Crippen LogP contribution in [0, 0.1) is 5.92 Å². The molecule has 1 atom stereocenters. The zero-order valence-corrected chi connectivity index (χ0v) is 8.43. The monoisotopic (exact) mass is 186 g/mol. The van der Waals surface area contributed by atoms with Crippen LogP contribution in [0.1, 0.15) is 26.5 Å². The molecule has 0 saturated heterocycles. The van der Waals surface area contributed by atoms with Crippen molar-refractivity contribution in [2.24, 2.45) is 5.92 Å². The molecule has 0 saturated carbocycles. The van der Waals surface area contributed by atoms with Crippen LogP contribution in [0.2, 0.25) is 0 Å². The predicted molar refractivity (Wildman–Crippen MR) is 49.1 cm³/mol. The highest BCUT2D eigenvalue weighted by Crippen LogP contribution is 2.20. The van der Waals surface area contributed by atoms with E-state index in [9.17, 15) is 5.11 Å². The fraction of sp³-hybridized carbons (Fsp3) is 0.750. The summed E-state index contributed by atoms with van der Waals surface area (Å²) in [6.45, 7) is 5.83. The molecule has 12 heavy (non-hydrogen) atoms. The van der Waals surface area contributed by atoms with Crippen molar-refractivity contribution in [2.75, 3.05) is 0 Å². The Hall–Kier alpha value is -0.480. The van der Waals surface area contributed by atoms with Crippen LogP contribution in [0.25, 0.3) is 0 Å². The Balaban J connectivity index is 2.62. The molecular formula is C8H14N2OS. The highest BCUT2D eigenvalue weighted by atomic mass is 32.1. The molecule has 68 valence electrons. The summed E-state index contributed by atoms with van der Waals surface area (Å²) >= 11 is 1.18. The van der Waals surface area contributed by atoms with Gasteiger partial charge in [-0.3, -0.25) is 0 Å². The van der Waals surface area contributed by atoms with Gasteiger partial charge < -0.3 is 5.11 Å². The van der Waals surface area contributed by atoms with Crippen LogP contribution < -0.4 is 0 Å². The number of hydrogen-bond acceptors (Lipinski definition) is 4. The number of aliphatic hydroxyl groups is 1. The standard InChI is InChI=1S/C8H14N2OS/c1-6(2)8(3,11)4-7-5-9-12-10-7/h5-6,11H,4H2,1-3H3. The van der Waals surface area contributed by atoms with Crippen molar-refractivity contribution >= 4 is 11.7 Å². The third kappa shape index (κ3) is 2.25. The molecular weight excluding hydrogens is 172 g/mol. The minimum absolute atomic E-state index is 0.235. The second-order valence-corrected chi connectivity index (χ2v) is 4.14. The van der Waals surface area contributed by atoms with Gasteiger partial charge in [-0.1, -0.05) is 13.8 Å². The van der Waals surface area contributed by atoms with Gasteiger partial charge in [0.15, 0.2) is 0 Å². The van der Waals surface area contributed by atoms with Gasteiger partial charge in [-0.2, -0.15) is 8.75 Å². The summed E-state index contributed by atoms with van der Waals surface area (Å²) in [7, 11) is 0. The molecule has 1 aromatic heterocycles. The third-order valence-corrected chi connectivity index (χ3v) is 2.71. The Bertz CT molecular complexity index is 231. The summed E-state index contributed by atoms with van der Waals surface area (Å²) < 4.78 is 7.94. The van der Waals surface area contributed by atoms with Gasteiger partial charge in [-0.15, -0.1) is 0 Å². The van der Waals surface area contributed by atoms with Crippen molar-refractivity contribution in [3.8, 4) is 0 Å². The second kappa shape index (κ2) is 3.49. The molecule has 0 aliphatic rings. The van der Waals surface area contributed by atoms with Crippen LogP contribution in [-0.2, 0) is 6.42 Å². The fourth-order valence-corrected chi connectivity index (χ4v) is 1.27. The Kier molecular flexibility index (Phi) is 2.80. The maximum Gasteiger partial charge on any atom is 0.0771 e. The topological polar surface area (TPSA) is 46.0 Å². The zero-order valence-electron chi connectivity index (χ0n) is 7.61. The van der Waals surface area contributed by atoms with Gasteiger partial charge in [-0.05, 0) is 12.8 Å². The second-order valence-electron chi connectivity index (χ2n) is 3.59. The number of rotatable bonds is 3. The maximum atomic E-state index is 9.90. The van der Waals surface area contributed by atoms with E-state index in [-0.39, 0.29) is 5.92 Å². The molecule has 1 unspecified atom stereocenters. The molecule has 0 radical (unpaired) electrons. The van der Waals surface area contributed by atoms with Crippen LogP contribution in [0.3, 0.4) is 0 Å². The van der Waals surface area contributed by atoms with Crippen LogP contribution >= 0.6 is 11.7 Å². The quantitative estimate of drug-likeness (QED) is 0.778. The number of aromatic nitrogens is 2. The Morgan fingerprint density at radius 3 is 2.75 bits per heavy atom. The lowest BCUT2D eigenvalue weighted by atomic mass is 9.88. The van der Waals surface area contributed by atoms with Gasteiger partial charge in [0, 0.05) is 6.42 Å². The van der Waals surface area contributed by atoms with Gasteiger partial charge >= 0.3 is 0 Å². The van der Waals surface area contributed by atoms with Gasteiger partial charge in [-0.25, -0.2) is 0 Å². The first-order valence-electron chi connectivity index (χ1n) is 4.01. The van der Waals surface area contributed by atoms with Gasteiger partial charge in [0.2, 0.25) is 0 Å². The summed E-state index contributed by atoms with van der Waals surface area (Å²) in [5, 5.41) is 9.90. The van der Waals surface area contributed by atoms with Gasteiger partial charge in [0.05, 0.1) is 29.2 Å². The average molecular weight is 186 g/mol. The first-order valence-corrected chi connectivity index (χ1v) is 4.74. The lowest BCUT2D eigenvalue weighted by Gasteiger charge is -2.26. The average Bonchev–Trinajstić information content (AvgIpc) is 2.38. The molecule has 0 fully saturated rings. The molecule has 1 rings (SSSR count). The lowest BCUT2D eigenvalue weighted by Crippen LogP contribution is -2.33. The van der Waals surface area contributed by atoms with Crippen molar-refractivity contribution in [2.45, 2.75) is 32.8 Å². The summed E-state index contributed by atoms with van der Waals surface area (Å²) in [5.41, 5.74) is 0.203. The third-order valence-electron chi connectivity index (χ3n) is 2.19. The van der Waals surface area contributed by atoms with Crippen molar-refractivity contribution in [3.63, 3.8) is 0 Å². The molecule has 1 aromatic rings. The van der Waals surface area contributed by atoms with E-state index >= 15 is 0 Å². The fourth-order valence-electron chi connectivity index (χ4n) is 0.833. The summed E-state index contributed by atoms with van der Waals surface area (Å²) in [4.78, 5) is 0. The number of nitrogens with zero attached hydrogens (tertiary/aromatic N) is 2. The first kappa shape index (κ1) is 9.61. The molecule has 4 heteroatoms. The molecule has 0 amide bonds. The Labute approximate surface area is 76.8 Å². The van der Waals surface area contributed by atoms with Crippen molar-refractivity contribution in [1.82, 2.24) is 8.75 Å². The highest BCUT2D eigenvalue weighted by Gasteiger charge is 2.25. The smallest absolute Gasteiger partial charge is 0.0771 e. The van der Waals surface area contributed by atoms with Gasteiger partial charge in [0.1, 0.15) is 0 Å². The van der Waals surface area contributed by atoms with E-state index in [0.717, 1.165) is 5.69 Å². The summed E-state index contributed by atoms with van der Waals surface area (Å²) in [6, 6.07) is 0.